The largest absolute Gasteiger partial charge is 0.459 e. The molecule has 1 atom stereocenters. The molecule has 0 bridgehead atoms. The smallest absolute Gasteiger partial charge is 0.191 e. The van der Waals surface area contributed by atoms with Crippen molar-refractivity contribution < 1.29 is 8.81 Å². The molecule has 0 fully saturated rings. The second-order valence-electron chi connectivity index (χ2n) is 7.35. The monoisotopic (exact) mass is 398 g/mol. The molecule has 1 aromatic carbocycles. The highest BCUT2D eigenvalue weighted by Crippen LogP contribution is 2.26. The summed E-state index contributed by atoms with van der Waals surface area (Å²) in [4.78, 5) is 9.27. The van der Waals surface area contributed by atoms with Gasteiger partial charge in [0.25, 0.3) is 0 Å². The third-order valence-corrected chi connectivity index (χ3v) is 5.28. The van der Waals surface area contributed by atoms with Crippen LogP contribution >= 0.6 is 0 Å². The Balaban J connectivity index is 1.48. The molecule has 0 radical (unpaired) electrons. The minimum absolute atomic E-state index is 0.234. The Morgan fingerprint density at radius 2 is 2.24 bits per heavy atom. The van der Waals surface area contributed by atoms with E-state index in [2.05, 4.69) is 27.6 Å². The third-order valence-electron chi connectivity index (χ3n) is 5.28. The summed E-state index contributed by atoms with van der Waals surface area (Å²) < 4.78 is 21.4. The molecule has 1 aliphatic heterocycles. The molecule has 7 nitrogen and oxygen atoms in total. The second kappa shape index (κ2) is 8.23. The molecule has 8 heteroatoms. The van der Waals surface area contributed by atoms with Crippen LogP contribution in [-0.4, -0.2) is 33.3 Å². The average Bonchev–Trinajstić information content (AvgIpc) is 3.27. The Morgan fingerprint density at radius 3 is 3.03 bits per heavy atom. The van der Waals surface area contributed by atoms with Crippen molar-refractivity contribution in [3.05, 3.63) is 47.0 Å². The summed E-state index contributed by atoms with van der Waals surface area (Å²) in [5.41, 5.74) is 1.61. The van der Waals surface area contributed by atoms with Gasteiger partial charge in [0, 0.05) is 36.4 Å². The van der Waals surface area contributed by atoms with E-state index < -0.39 is 0 Å². The highest BCUT2D eigenvalue weighted by atomic mass is 19.1. The molecule has 3 heterocycles. The zero-order chi connectivity index (χ0) is 20.4. The molecule has 2 N–H and O–H groups in total. The number of aromatic nitrogens is 3. The standard InChI is InChI=1S/C21H27FN6O/c1-4-19-26-20-9-7-15(12-28(20)27-19)25-21(23-5-2)24-11-18-13(3)16-10-14(22)6-8-17(16)29-18/h6,8,10,15H,4-5,7,9,11-12H2,1-3H3,(H2,23,24,25). The van der Waals surface area contributed by atoms with Crippen molar-refractivity contribution in [1.82, 2.24) is 25.4 Å². The van der Waals surface area contributed by atoms with E-state index in [-0.39, 0.29) is 11.9 Å². The van der Waals surface area contributed by atoms with Crippen LogP contribution in [0.2, 0.25) is 0 Å². The topological polar surface area (TPSA) is 80.3 Å². The molecule has 3 aromatic rings. The lowest BCUT2D eigenvalue weighted by atomic mass is 10.1. The average molecular weight is 398 g/mol. The summed E-state index contributed by atoms with van der Waals surface area (Å²) in [6, 6.07) is 4.82. The first kappa shape index (κ1) is 19.4. The number of guanidine groups is 1. The highest BCUT2D eigenvalue weighted by Gasteiger charge is 2.22. The number of benzene rings is 1. The van der Waals surface area contributed by atoms with Gasteiger partial charge in [-0.15, -0.1) is 0 Å². The highest BCUT2D eigenvalue weighted by molar-refractivity contribution is 5.82. The predicted octanol–water partition coefficient (Wildman–Crippen LogP) is 3.10. The molecule has 4 rings (SSSR count). The summed E-state index contributed by atoms with van der Waals surface area (Å²) >= 11 is 0. The van der Waals surface area contributed by atoms with Crippen molar-refractivity contribution in [2.24, 2.45) is 4.99 Å². The van der Waals surface area contributed by atoms with E-state index >= 15 is 0 Å². The Hall–Kier alpha value is -2.90. The summed E-state index contributed by atoms with van der Waals surface area (Å²) in [5, 5.41) is 12.2. The number of nitrogens with one attached hydrogen (secondary N) is 2. The van der Waals surface area contributed by atoms with Gasteiger partial charge >= 0.3 is 0 Å². The molecule has 1 aliphatic rings. The number of rotatable bonds is 5. The van der Waals surface area contributed by atoms with E-state index in [1.165, 1.54) is 12.1 Å². The van der Waals surface area contributed by atoms with Crippen molar-refractivity contribution in [3.8, 4) is 0 Å². The van der Waals surface area contributed by atoms with Crippen LogP contribution in [0.25, 0.3) is 11.0 Å². The quantitative estimate of drug-likeness (QED) is 0.510. The van der Waals surface area contributed by atoms with Gasteiger partial charge in [0.2, 0.25) is 0 Å². The number of fused-ring (bicyclic) bond motifs is 2. The lowest BCUT2D eigenvalue weighted by Gasteiger charge is -2.25. The van der Waals surface area contributed by atoms with E-state index in [1.807, 2.05) is 18.5 Å². The molecule has 1 unspecified atom stereocenters. The normalized spacial score (nSPS) is 16.8. The molecule has 0 spiro atoms. The first-order valence-corrected chi connectivity index (χ1v) is 10.2. The first-order valence-electron chi connectivity index (χ1n) is 10.2. The molecule has 0 aliphatic carbocycles. The fourth-order valence-corrected chi connectivity index (χ4v) is 3.69. The van der Waals surface area contributed by atoms with Crippen LogP contribution in [-0.2, 0) is 25.9 Å². The summed E-state index contributed by atoms with van der Waals surface area (Å²) in [7, 11) is 0. The molecule has 154 valence electrons. The maximum absolute atomic E-state index is 13.5. The van der Waals surface area contributed by atoms with Crippen LogP contribution in [0.1, 0.15) is 43.2 Å². The van der Waals surface area contributed by atoms with E-state index in [1.54, 1.807) is 6.07 Å². The van der Waals surface area contributed by atoms with Gasteiger partial charge in [0.05, 0.1) is 6.54 Å². The number of nitrogens with zero attached hydrogens (tertiary/aromatic N) is 4. The van der Waals surface area contributed by atoms with Crippen LogP contribution in [0.15, 0.2) is 27.6 Å². The minimum atomic E-state index is -0.262. The Labute approximate surface area is 169 Å². The van der Waals surface area contributed by atoms with Crippen LogP contribution in [0.4, 0.5) is 4.39 Å². The number of hydrogen-bond donors (Lipinski definition) is 2. The third kappa shape index (κ3) is 4.11. The maximum atomic E-state index is 13.5. The van der Waals surface area contributed by atoms with Crippen LogP contribution in [0.3, 0.4) is 0 Å². The fraction of sp³-hybridized carbons (Fsp3) is 0.476. The van der Waals surface area contributed by atoms with E-state index in [9.17, 15) is 4.39 Å². The van der Waals surface area contributed by atoms with Crippen LogP contribution in [0, 0.1) is 12.7 Å². The molecule has 0 saturated heterocycles. The van der Waals surface area contributed by atoms with Gasteiger partial charge in [-0.05, 0) is 38.5 Å². The van der Waals surface area contributed by atoms with Crippen LogP contribution in [0.5, 0.6) is 0 Å². The maximum Gasteiger partial charge on any atom is 0.191 e. The number of hydrogen-bond acceptors (Lipinski definition) is 4. The number of halogens is 1. The second-order valence-corrected chi connectivity index (χ2v) is 7.35. The minimum Gasteiger partial charge on any atom is -0.459 e. The number of aryl methyl sites for hydroxylation is 3. The van der Waals surface area contributed by atoms with Crippen molar-refractivity contribution in [1.29, 1.82) is 0 Å². The van der Waals surface area contributed by atoms with Gasteiger partial charge < -0.3 is 15.1 Å². The fourth-order valence-electron chi connectivity index (χ4n) is 3.69. The van der Waals surface area contributed by atoms with Gasteiger partial charge in [0.1, 0.15) is 29.5 Å². The van der Waals surface area contributed by atoms with E-state index in [0.717, 1.165) is 66.7 Å². The molecule has 29 heavy (non-hydrogen) atoms. The Kier molecular flexibility index (Phi) is 5.51. The lowest BCUT2D eigenvalue weighted by molar-refractivity contribution is 0.392. The van der Waals surface area contributed by atoms with Crippen LogP contribution < -0.4 is 10.6 Å². The number of furan rings is 1. The molecular weight excluding hydrogens is 371 g/mol. The van der Waals surface area contributed by atoms with E-state index in [0.29, 0.717) is 12.1 Å². The lowest BCUT2D eigenvalue weighted by Crippen LogP contribution is -2.47. The SMILES string of the molecule is CCNC(=NCc1oc2ccc(F)cc2c1C)NC1CCc2nc(CC)nn2C1. The van der Waals surface area contributed by atoms with Crippen molar-refractivity contribution in [2.45, 2.75) is 59.2 Å². The zero-order valence-electron chi connectivity index (χ0n) is 17.1. The Morgan fingerprint density at radius 1 is 1.38 bits per heavy atom. The van der Waals surface area contributed by atoms with Gasteiger partial charge in [-0.1, -0.05) is 6.92 Å². The summed E-state index contributed by atoms with van der Waals surface area (Å²) in [6.07, 6.45) is 2.73. The predicted molar refractivity (Wildman–Crippen MR) is 110 cm³/mol. The van der Waals surface area contributed by atoms with Gasteiger partial charge in [-0.2, -0.15) is 5.10 Å². The number of aliphatic imine (C=N–C) groups is 1. The molecule has 0 saturated carbocycles. The van der Waals surface area contributed by atoms with Gasteiger partial charge in [-0.3, -0.25) is 0 Å². The summed E-state index contributed by atoms with van der Waals surface area (Å²) in [6.45, 7) is 7.97. The van der Waals surface area contributed by atoms with E-state index in [4.69, 9.17) is 9.41 Å². The summed E-state index contributed by atoms with van der Waals surface area (Å²) in [5.74, 6) is 3.19. The van der Waals surface area contributed by atoms with Gasteiger partial charge in [0.15, 0.2) is 11.8 Å². The first-order chi connectivity index (χ1) is 14.1. The van der Waals surface area contributed by atoms with Crippen molar-refractivity contribution >= 4 is 16.9 Å². The molecular formula is C21H27FN6O. The molecule has 0 amide bonds. The Bertz CT molecular complexity index is 1040. The molecule has 2 aromatic heterocycles. The van der Waals surface area contributed by atoms with Crippen molar-refractivity contribution in [2.75, 3.05) is 6.54 Å². The van der Waals surface area contributed by atoms with Gasteiger partial charge in [-0.25, -0.2) is 19.0 Å². The zero-order valence-corrected chi connectivity index (χ0v) is 17.1. The van der Waals surface area contributed by atoms with Crippen molar-refractivity contribution in [3.63, 3.8) is 0 Å².